The molecular weight excluding hydrogens is 239 g/mol. The average Bonchev–Trinajstić information content (AvgIpc) is 2.46. The van der Waals surface area contributed by atoms with Crippen LogP contribution in [0.4, 0.5) is 4.39 Å². The molecule has 19 heavy (non-hydrogen) atoms. The van der Waals surface area contributed by atoms with Gasteiger partial charge in [0.1, 0.15) is 5.82 Å². The van der Waals surface area contributed by atoms with Crippen LogP contribution in [0.15, 0.2) is 24.3 Å². The molecule has 104 valence electrons. The van der Waals surface area contributed by atoms with Crippen molar-refractivity contribution in [3.05, 3.63) is 35.6 Å². The van der Waals surface area contributed by atoms with Crippen molar-refractivity contribution < 1.29 is 9.50 Å². The molecule has 2 heteroatoms. The lowest BCUT2D eigenvalue weighted by Gasteiger charge is -2.40. The summed E-state index contributed by atoms with van der Waals surface area (Å²) in [6.07, 6.45) is 8.44. The molecule has 1 aromatic rings. The van der Waals surface area contributed by atoms with E-state index in [0.717, 1.165) is 30.2 Å². The predicted octanol–water partition coefficient (Wildman–Crippen LogP) is 4.47. The van der Waals surface area contributed by atoms with Gasteiger partial charge in [0.2, 0.25) is 0 Å². The van der Waals surface area contributed by atoms with Crippen LogP contribution in [0.1, 0.15) is 56.6 Å². The third-order valence-corrected chi connectivity index (χ3v) is 5.22. The maximum absolute atomic E-state index is 13.3. The van der Waals surface area contributed by atoms with Crippen LogP contribution in [0.25, 0.3) is 0 Å². The summed E-state index contributed by atoms with van der Waals surface area (Å²) in [4.78, 5) is 0. The maximum Gasteiger partial charge on any atom is 0.123 e. The van der Waals surface area contributed by atoms with Crippen LogP contribution in [-0.2, 0) is 0 Å². The smallest absolute Gasteiger partial charge is 0.123 e. The zero-order valence-corrected chi connectivity index (χ0v) is 11.4. The second kappa shape index (κ2) is 5.62. The summed E-state index contributed by atoms with van der Waals surface area (Å²) in [5.74, 6) is 1.77. The van der Waals surface area contributed by atoms with Gasteiger partial charge in [0.25, 0.3) is 0 Å². The van der Waals surface area contributed by atoms with Gasteiger partial charge in [0.05, 0.1) is 6.10 Å². The van der Waals surface area contributed by atoms with E-state index in [1.807, 2.05) is 6.07 Å². The molecule has 0 heterocycles. The van der Waals surface area contributed by atoms with Gasteiger partial charge in [-0.2, -0.15) is 0 Å². The Bertz CT molecular complexity index is 431. The number of aliphatic hydroxyl groups excluding tert-OH is 1. The van der Waals surface area contributed by atoms with Gasteiger partial charge in [-0.1, -0.05) is 37.8 Å². The first-order valence-electron chi connectivity index (χ1n) is 7.67. The molecule has 1 nitrogen and oxygen atoms in total. The Labute approximate surface area is 114 Å². The fraction of sp³-hybridized carbons (Fsp3) is 0.647. The van der Waals surface area contributed by atoms with Crippen LogP contribution < -0.4 is 0 Å². The highest BCUT2D eigenvalue weighted by atomic mass is 19.1. The van der Waals surface area contributed by atoms with Gasteiger partial charge in [-0.25, -0.2) is 4.39 Å². The van der Waals surface area contributed by atoms with E-state index in [2.05, 4.69) is 0 Å². The lowest BCUT2D eigenvalue weighted by molar-refractivity contribution is 0.0347. The van der Waals surface area contributed by atoms with Crippen LogP contribution in [0.5, 0.6) is 0 Å². The van der Waals surface area contributed by atoms with E-state index in [-0.39, 0.29) is 5.82 Å². The zero-order chi connectivity index (χ0) is 13.2. The first-order valence-corrected chi connectivity index (χ1v) is 7.67. The molecule has 0 bridgehead atoms. The van der Waals surface area contributed by atoms with Gasteiger partial charge in [-0.3, -0.25) is 0 Å². The lowest BCUT2D eigenvalue weighted by Crippen LogP contribution is -2.30. The second-order valence-corrected chi connectivity index (χ2v) is 6.38. The molecule has 1 N–H and O–H groups in total. The summed E-state index contributed by atoms with van der Waals surface area (Å²) in [6, 6.07) is 6.46. The molecule has 1 aromatic carbocycles. The number of rotatable bonds is 2. The Morgan fingerprint density at radius 2 is 1.84 bits per heavy atom. The topological polar surface area (TPSA) is 20.2 Å². The SMILES string of the molecule is OC(c1cccc(F)c1)C1CCC2CCCCC2C1. The van der Waals surface area contributed by atoms with Crippen molar-refractivity contribution in [1.82, 2.24) is 0 Å². The number of fused-ring (bicyclic) bond motifs is 1. The van der Waals surface area contributed by atoms with E-state index in [4.69, 9.17) is 0 Å². The molecular formula is C17H23FO. The molecule has 0 amide bonds. The summed E-state index contributed by atoms with van der Waals surface area (Å²) >= 11 is 0. The molecule has 4 atom stereocenters. The van der Waals surface area contributed by atoms with E-state index in [0.29, 0.717) is 5.92 Å². The van der Waals surface area contributed by atoms with E-state index in [1.54, 1.807) is 6.07 Å². The molecule has 3 rings (SSSR count). The van der Waals surface area contributed by atoms with Crippen LogP contribution in [0.3, 0.4) is 0 Å². The summed E-state index contributed by atoms with van der Waals surface area (Å²) in [5.41, 5.74) is 0.749. The number of aliphatic hydroxyl groups is 1. The van der Waals surface area contributed by atoms with Gasteiger partial charge >= 0.3 is 0 Å². The quantitative estimate of drug-likeness (QED) is 0.834. The Balaban J connectivity index is 1.69. The summed E-state index contributed by atoms with van der Waals surface area (Å²) < 4.78 is 13.3. The number of hydrogen-bond acceptors (Lipinski definition) is 1. The molecule has 4 unspecified atom stereocenters. The van der Waals surface area contributed by atoms with Gasteiger partial charge in [0.15, 0.2) is 0 Å². The first-order chi connectivity index (χ1) is 9.24. The third-order valence-electron chi connectivity index (χ3n) is 5.22. The van der Waals surface area contributed by atoms with Crippen molar-refractivity contribution in [3.8, 4) is 0 Å². The molecule has 2 fully saturated rings. The monoisotopic (exact) mass is 262 g/mol. The summed E-state index contributed by atoms with van der Waals surface area (Å²) in [5, 5.41) is 10.5. The van der Waals surface area contributed by atoms with Gasteiger partial charge in [-0.15, -0.1) is 0 Å². The zero-order valence-electron chi connectivity index (χ0n) is 11.4. The van der Waals surface area contributed by atoms with E-state index < -0.39 is 6.10 Å². The number of hydrogen-bond donors (Lipinski definition) is 1. The Hall–Kier alpha value is -0.890. The summed E-state index contributed by atoms with van der Waals surface area (Å²) in [6.45, 7) is 0. The van der Waals surface area contributed by atoms with E-state index in [1.165, 1.54) is 44.2 Å². The highest BCUT2D eigenvalue weighted by Gasteiger charge is 2.35. The predicted molar refractivity (Wildman–Crippen MR) is 74.1 cm³/mol. The van der Waals surface area contributed by atoms with Crippen LogP contribution in [0.2, 0.25) is 0 Å². The van der Waals surface area contributed by atoms with Gasteiger partial charge in [0, 0.05) is 0 Å². The Morgan fingerprint density at radius 1 is 1.05 bits per heavy atom. The molecule has 0 saturated heterocycles. The minimum absolute atomic E-state index is 0.247. The van der Waals surface area contributed by atoms with E-state index >= 15 is 0 Å². The molecule has 0 aromatic heterocycles. The maximum atomic E-state index is 13.3. The normalized spacial score (nSPS) is 32.6. The minimum Gasteiger partial charge on any atom is -0.388 e. The highest BCUT2D eigenvalue weighted by molar-refractivity contribution is 5.19. The van der Waals surface area contributed by atoms with Crippen molar-refractivity contribution in [2.24, 2.45) is 17.8 Å². The minimum atomic E-state index is -0.487. The number of halogens is 1. The Kier molecular flexibility index (Phi) is 3.88. The second-order valence-electron chi connectivity index (χ2n) is 6.38. The van der Waals surface area contributed by atoms with Crippen molar-refractivity contribution in [3.63, 3.8) is 0 Å². The Morgan fingerprint density at radius 3 is 2.63 bits per heavy atom. The van der Waals surface area contributed by atoms with Crippen LogP contribution in [0, 0.1) is 23.6 Å². The molecule has 2 aliphatic carbocycles. The average molecular weight is 262 g/mol. The van der Waals surface area contributed by atoms with Crippen molar-refractivity contribution in [1.29, 1.82) is 0 Å². The lowest BCUT2D eigenvalue weighted by atomic mass is 9.66. The van der Waals surface area contributed by atoms with Crippen LogP contribution in [-0.4, -0.2) is 5.11 Å². The fourth-order valence-corrected chi connectivity index (χ4v) is 4.16. The summed E-state index contributed by atoms with van der Waals surface area (Å²) in [7, 11) is 0. The molecule has 0 aliphatic heterocycles. The van der Waals surface area contributed by atoms with Crippen molar-refractivity contribution in [2.45, 2.75) is 51.0 Å². The van der Waals surface area contributed by atoms with Crippen molar-refractivity contribution >= 4 is 0 Å². The molecule has 2 aliphatic rings. The van der Waals surface area contributed by atoms with Crippen LogP contribution >= 0.6 is 0 Å². The molecule has 2 saturated carbocycles. The van der Waals surface area contributed by atoms with Crippen molar-refractivity contribution in [2.75, 3.05) is 0 Å². The highest BCUT2D eigenvalue weighted by Crippen LogP contribution is 2.46. The first kappa shape index (κ1) is 13.1. The number of benzene rings is 1. The molecule has 0 radical (unpaired) electrons. The third kappa shape index (κ3) is 2.84. The van der Waals surface area contributed by atoms with Gasteiger partial charge < -0.3 is 5.11 Å². The standard InChI is InChI=1S/C17H23FO/c18-16-7-3-6-14(11-16)17(19)15-9-8-12-4-1-2-5-13(12)10-15/h3,6-7,11-13,15,17,19H,1-2,4-5,8-10H2. The molecule has 0 spiro atoms. The van der Waals surface area contributed by atoms with E-state index in [9.17, 15) is 9.50 Å². The largest absolute Gasteiger partial charge is 0.388 e. The van der Waals surface area contributed by atoms with Gasteiger partial charge in [-0.05, 0) is 54.7 Å². The fourth-order valence-electron chi connectivity index (χ4n) is 4.16.